The molecule has 0 radical (unpaired) electrons. The molecule has 0 amide bonds. The second-order valence-corrected chi connectivity index (χ2v) is 14.8. The molecule has 0 aromatic carbocycles. The van der Waals surface area contributed by atoms with E-state index in [0.717, 1.165) is 38.5 Å². The minimum absolute atomic E-state index is 0.0164. The summed E-state index contributed by atoms with van der Waals surface area (Å²) in [5.74, 6) is 2.25. The molecule has 0 unspecified atom stereocenters. The van der Waals surface area contributed by atoms with Crippen molar-refractivity contribution in [1.82, 2.24) is 0 Å². The number of hydrogen-bond acceptors (Lipinski definition) is 3. The molecule has 3 heteroatoms. The summed E-state index contributed by atoms with van der Waals surface area (Å²) in [5, 5.41) is 32.2. The van der Waals surface area contributed by atoms with Gasteiger partial charge in [0.1, 0.15) is 0 Å². The number of fused-ring (bicyclic) bond motifs is 6. The lowest BCUT2D eigenvalue weighted by atomic mass is 9.42. The normalized spacial score (nSPS) is 55.8. The molecule has 3 N–H and O–H groups in total. The van der Waals surface area contributed by atoms with Gasteiger partial charge in [-0.3, -0.25) is 0 Å². The van der Waals surface area contributed by atoms with Crippen molar-refractivity contribution < 1.29 is 15.3 Å². The van der Waals surface area contributed by atoms with Gasteiger partial charge in [-0.25, -0.2) is 0 Å². The highest BCUT2D eigenvalue weighted by molar-refractivity contribution is 5.25. The Hall–Kier alpha value is -0.380. The number of aliphatic hydroxyl groups excluding tert-OH is 3. The molecule has 0 bridgehead atoms. The molecular weight excluding hydrogens is 408 g/mol. The van der Waals surface area contributed by atoms with Crippen molar-refractivity contribution in [3.8, 4) is 0 Å². The van der Waals surface area contributed by atoms with Crippen molar-refractivity contribution >= 4 is 0 Å². The number of allylic oxidation sites excluding steroid dienone is 2. The Labute approximate surface area is 202 Å². The zero-order valence-electron chi connectivity index (χ0n) is 22.2. The Morgan fingerprint density at radius 2 is 1.42 bits per heavy atom. The Balaban J connectivity index is 1.50. The topological polar surface area (TPSA) is 60.7 Å². The van der Waals surface area contributed by atoms with Crippen LogP contribution in [0.2, 0.25) is 0 Å². The van der Waals surface area contributed by atoms with Crippen LogP contribution in [0.15, 0.2) is 11.6 Å². The van der Waals surface area contributed by atoms with Crippen LogP contribution < -0.4 is 0 Å². The highest BCUT2D eigenvalue weighted by atomic mass is 16.3. The van der Waals surface area contributed by atoms with E-state index in [-0.39, 0.29) is 35.1 Å². The standard InChI is InChI=1S/C30H50O3/c1-26(2)21-9-7-19-17-27(3)14-11-23-29(5,16-13-25(33)30(23,6)18-31)22(27)10-8-20(19)28(21,4)15-12-24(26)32/h7,20-25,31-33H,8-18H2,1-6H3/t20-,21+,22-,23+,24+,25+,27-,28+,29+,30+/m0/s1. The lowest BCUT2D eigenvalue weighted by molar-refractivity contribution is -0.189. The van der Waals surface area contributed by atoms with Crippen LogP contribution in [0.4, 0.5) is 0 Å². The molecule has 33 heavy (non-hydrogen) atoms. The zero-order chi connectivity index (χ0) is 24.0. The monoisotopic (exact) mass is 458 g/mol. The summed E-state index contributed by atoms with van der Waals surface area (Å²) >= 11 is 0. The van der Waals surface area contributed by atoms with E-state index in [9.17, 15) is 15.3 Å². The van der Waals surface area contributed by atoms with Gasteiger partial charge in [0, 0.05) is 5.41 Å². The minimum Gasteiger partial charge on any atom is -0.396 e. The SMILES string of the molecule is CC1(C)[C@H](O)CC[C@@]2(C)[C@@H]1CC=C1C[C@]3(C)CC[C@@H]4[C@](C)(CC[C@@H](O)[C@]4(C)CO)[C@H]3CC[C@@H]12. The van der Waals surface area contributed by atoms with E-state index in [1.54, 1.807) is 5.57 Å². The fraction of sp³-hybridized carbons (Fsp3) is 0.933. The third-order valence-corrected chi connectivity index (χ3v) is 13.0. The first-order valence-electron chi connectivity index (χ1n) is 14.0. The molecule has 5 rings (SSSR count). The van der Waals surface area contributed by atoms with Gasteiger partial charge >= 0.3 is 0 Å². The highest BCUT2D eigenvalue weighted by Crippen LogP contribution is 2.70. The molecule has 0 aromatic heterocycles. The van der Waals surface area contributed by atoms with Crippen LogP contribution in [0.5, 0.6) is 0 Å². The van der Waals surface area contributed by atoms with Crippen LogP contribution in [0.25, 0.3) is 0 Å². The summed E-state index contributed by atoms with van der Waals surface area (Å²) in [5.41, 5.74) is 2.15. The van der Waals surface area contributed by atoms with Crippen molar-refractivity contribution in [1.29, 1.82) is 0 Å². The average Bonchev–Trinajstić information content (AvgIpc) is 2.91. The van der Waals surface area contributed by atoms with Gasteiger partial charge in [0.15, 0.2) is 0 Å². The van der Waals surface area contributed by atoms with Gasteiger partial charge in [-0.2, -0.15) is 0 Å². The van der Waals surface area contributed by atoms with E-state index in [2.05, 4.69) is 47.6 Å². The third-order valence-electron chi connectivity index (χ3n) is 13.0. The largest absolute Gasteiger partial charge is 0.396 e. The molecule has 4 fully saturated rings. The van der Waals surface area contributed by atoms with Crippen molar-refractivity contribution in [2.24, 2.45) is 50.7 Å². The van der Waals surface area contributed by atoms with E-state index in [4.69, 9.17) is 0 Å². The Morgan fingerprint density at radius 1 is 0.758 bits per heavy atom. The van der Waals surface area contributed by atoms with E-state index in [1.165, 1.54) is 25.7 Å². The Kier molecular flexibility index (Phi) is 5.57. The first-order chi connectivity index (χ1) is 15.3. The van der Waals surface area contributed by atoms with E-state index >= 15 is 0 Å². The minimum atomic E-state index is -0.378. The van der Waals surface area contributed by atoms with Crippen LogP contribution in [0.3, 0.4) is 0 Å². The summed E-state index contributed by atoms with van der Waals surface area (Å²) in [6.45, 7) is 14.5. The quantitative estimate of drug-likeness (QED) is 0.415. The number of hydrogen-bond donors (Lipinski definition) is 3. The lowest BCUT2D eigenvalue weighted by Crippen LogP contribution is -2.60. The van der Waals surface area contributed by atoms with Crippen LogP contribution in [0, 0.1) is 50.7 Å². The summed E-state index contributed by atoms with van der Waals surface area (Å²) in [6, 6.07) is 0. The maximum absolute atomic E-state index is 10.9. The molecule has 0 heterocycles. The first kappa shape index (κ1) is 24.3. The molecule has 10 atom stereocenters. The van der Waals surface area contributed by atoms with Crippen LogP contribution in [0.1, 0.15) is 106 Å². The molecule has 0 aromatic rings. The fourth-order valence-electron chi connectivity index (χ4n) is 11.0. The number of aliphatic hydroxyl groups is 3. The van der Waals surface area contributed by atoms with Crippen LogP contribution in [-0.2, 0) is 0 Å². The first-order valence-corrected chi connectivity index (χ1v) is 14.0. The molecule has 188 valence electrons. The van der Waals surface area contributed by atoms with E-state index in [1.807, 2.05) is 0 Å². The van der Waals surface area contributed by atoms with E-state index < -0.39 is 0 Å². The van der Waals surface area contributed by atoms with Crippen molar-refractivity contribution in [3.05, 3.63) is 11.6 Å². The van der Waals surface area contributed by atoms with E-state index in [0.29, 0.717) is 34.5 Å². The second kappa shape index (κ2) is 7.56. The highest BCUT2D eigenvalue weighted by Gasteiger charge is 2.63. The average molecular weight is 459 g/mol. The predicted octanol–water partition coefficient (Wildman–Crippen LogP) is 6.11. The van der Waals surface area contributed by atoms with Gasteiger partial charge in [-0.15, -0.1) is 0 Å². The summed E-state index contributed by atoms with van der Waals surface area (Å²) in [6.07, 6.45) is 13.3. The predicted molar refractivity (Wildman–Crippen MR) is 134 cm³/mol. The van der Waals surface area contributed by atoms with Crippen molar-refractivity contribution in [2.75, 3.05) is 6.61 Å². The summed E-state index contributed by atoms with van der Waals surface area (Å²) in [7, 11) is 0. The second-order valence-electron chi connectivity index (χ2n) is 14.8. The van der Waals surface area contributed by atoms with Crippen LogP contribution >= 0.6 is 0 Å². The van der Waals surface area contributed by atoms with Gasteiger partial charge in [0.2, 0.25) is 0 Å². The maximum Gasteiger partial charge on any atom is 0.0618 e. The zero-order valence-corrected chi connectivity index (χ0v) is 22.2. The molecule has 4 saturated carbocycles. The third kappa shape index (κ3) is 3.17. The Morgan fingerprint density at radius 3 is 2.12 bits per heavy atom. The molecule has 0 spiro atoms. The molecule has 0 aliphatic heterocycles. The van der Waals surface area contributed by atoms with Gasteiger partial charge < -0.3 is 15.3 Å². The van der Waals surface area contributed by atoms with Crippen molar-refractivity contribution in [2.45, 2.75) is 118 Å². The smallest absolute Gasteiger partial charge is 0.0618 e. The Bertz CT molecular complexity index is 817. The van der Waals surface area contributed by atoms with Crippen molar-refractivity contribution in [3.63, 3.8) is 0 Å². The van der Waals surface area contributed by atoms with Gasteiger partial charge in [0.05, 0.1) is 18.8 Å². The van der Waals surface area contributed by atoms with Gasteiger partial charge in [0.25, 0.3) is 0 Å². The molecular formula is C30H50O3. The number of rotatable bonds is 1. The molecule has 3 nitrogen and oxygen atoms in total. The molecule has 0 saturated heterocycles. The molecule has 5 aliphatic carbocycles. The van der Waals surface area contributed by atoms with Crippen LogP contribution in [-0.4, -0.2) is 34.1 Å². The summed E-state index contributed by atoms with van der Waals surface area (Å²) in [4.78, 5) is 0. The maximum atomic E-state index is 10.9. The van der Waals surface area contributed by atoms with Gasteiger partial charge in [-0.05, 0) is 110 Å². The van der Waals surface area contributed by atoms with Gasteiger partial charge in [-0.1, -0.05) is 53.2 Å². The fourth-order valence-corrected chi connectivity index (χ4v) is 11.0. The lowest BCUT2D eigenvalue weighted by Gasteiger charge is -2.64. The summed E-state index contributed by atoms with van der Waals surface area (Å²) < 4.78 is 0. The molecule has 5 aliphatic rings.